The van der Waals surface area contributed by atoms with Crippen LogP contribution in [0.3, 0.4) is 0 Å². The van der Waals surface area contributed by atoms with Crippen LogP contribution < -0.4 is 0 Å². The molecular weight excluding hydrogens is 236 g/mol. The van der Waals surface area contributed by atoms with Crippen molar-refractivity contribution in [2.24, 2.45) is 5.10 Å². The van der Waals surface area contributed by atoms with E-state index >= 15 is 0 Å². The first-order valence-corrected chi connectivity index (χ1v) is 6.62. The van der Waals surface area contributed by atoms with E-state index in [4.69, 9.17) is 0 Å². The molecule has 0 bridgehead atoms. The Hall–Kier alpha value is -2.08. The minimum atomic E-state index is 0.0581. The van der Waals surface area contributed by atoms with Gasteiger partial charge in [0.2, 0.25) is 5.91 Å². The number of rotatable bonds is 2. The van der Waals surface area contributed by atoms with E-state index in [0.29, 0.717) is 19.4 Å². The minimum Gasteiger partial charge on any atom is -0.273 e. The zero-order valence-corrected chi connectivity index (χ0v) is 11.4. The summed E-state index contributed by atoms with van der Waals surface area (Å²) in [4.78, 5) is 11.8. The van der Waals surface area contributed by atoms with Crippen LogP contribution in [0.1, 0.15) is 37.3 Å². The van der Waals surface area contributed by atoms with Gasteiger partial charge in [0.25, 0.3) is 0 Å². The maximum atomic E-state index is 11.8. The van der Waals surface area contributed by atoms with Crippen LogP contribution in [-0.4, -0.2) is 23.2 Å². The number of aryl methyl sites for hydroxylation is 1. The molecule has 0 N–H and O–H groups in total. The summed E-state index contributed by atoms with van der Waals surface area (Å²) >= 11 is 0. The molecule has 98 valence electrons. The maximum absolute atomic E-state index is 11.8. The van der Waals surface area contributed by atoms with Gasteiger partial charge in [0, 0.05) is 24.8 Å². The van der Waals surface area contributed by atoms with E-state index in [1.54, 1.807) is 0 Å². The van der Waals surface area contributed by atoms with Crippen molar-refractivity contribution in [1.82, 2.24) is 5.01 Å². The summed E-state index contributed by atoms with van der Waals surface area (Å²) in [6.45, 7) is 4.45. The van der Waals surface area contributed by atoms with Crippen LogP contribution in [0.4, 0.5) is 0 Å². The van der Waals surface area contributed by atoms with Crippen LogP contribution in [-0.2, 0) is 4.79 Å². The Morgan fingerprint density at radius 1 is 1.26 bits per heavy atom. The summed E-state index contributed by atoms with van der Waals surface area (Å²) in [5, 5.41) is 5.96. The van der Waals surface area contributed by atoms with E-state index in [0.717, 1.165) is 17.7 Å². The molecule has 2 rings (SSSR count). The fourth-order valence-electron chi connectivity index (χ4n) is 2.07. The van der Waals surface area contributed by atoms with E-state index in [2.05, 4.69) is 36.0 Å². The summed E-state index contributed by atoms with van der Waals surface area (Å²) < 4.78 is 0. The lowest BCUT2D eigenvalue weighted by Gasteiger charge is -2.22. The predicted octanol–water partition coefficient (Wildman–Crippen LogP) is 2.73. The average Bonchev–Trinajstić information content (AvgIpc) is 2.42. The lowest BCUT2D eigenvalue weighted by molar-refractivity contribution is -0.131. The standard InChI is InChI=1S/C16H18N2O/c1-3-4-7-12-18-16(19)11-10-15(17-18)14-9-6-5-8-13(14)2/h5-6,8-9H,3,10-12H2,1-2H3. The predicted molar refractivity (Wildman–Crippen MR) is 76.7 cm³/mol. The molecule has 19 heavy (non-hydrogen) atoms. The van der Waals surface area contributed by atoms with Gasteiger partial charge in [-0.25, -0.2) is 5.01 Å². The van der Waals surface area contributed by atoms with Crippen molar-refractivity contribution in [1.29, 1.82) is 0 Å². The lowest BCUT2D eigenvalue weighted by atomic mass is 10.00. The highest BCUT2D eigenvalue weighted by Crippen LogP contribution is 2.17. The van der Waals surface area contributed by atoms with Gasteiger partial charge in [-0.05, 0) is 12.5 Å². The summed E-state index contributed by atoms with van der Waals surface area (Å²) in [7, 11) is 0. The van der Waals surface area contributed by atoms with Crippen LogP contribution in [0, 0.1) is 18.8 Å². The highest BCUT2D eigenvalue weighted by molar-refractivity contribution is 6.05. The number of hydrogen-bond donors (Lipinski definition) is 0. The van der Waals surface area contributed by atoms with Crippen LogP contribution in [0.15, 0.2) is 29.4 Å². The number of amides is 1. The van der Waals surface area contributed by atoms with E-state index in [9.17, 15) is 4.79 Å². The molecular formula is C16H18N2O. The highest BCUT2D eigenvalue weighted by Gasteiger charge is 2.21. The average molecular weight is 254 g/mol. The number of benzene rings is 1. The molecule has 1 aromatic rings. The SMILES string of the molecule is CCC#CCN1N=C(c2ccccc2C)CCC1=O. The molecule has 1 amide bonds. The Balaban J connectivity index is 2.24. The molecule has 0 saturated heterocycles. The zero-order chi connectivity index (χ0) is 13.7. The highest BCUT2D eigenvalue weighted by atomic mass is 16.2. The van der Waals surface area contributed by atoms with Gasteiger partial charge in [0.1, 0.15) is 6.54 Å². The van der Waals surface area contributed by atoms with Crippen molar-refractivity contribution in [3.8, 4) is 11.8 Å². The zero-order valence-electron chi connectivity index (χ0n) is 11.4. The van der Waals surface area contributed by atoms with Gasteiger partial charge in [0.05, 0.1) is 5.71 Å². The van der Waals surface area contributed by atoms with E-state index in [1.165, 1.54) is 10.6 Å². The first-order chi connectivity index (χ1) is 9.22. The molecule has 0 radical (unpaired) electrons. The Labute approximate surface area is 114 Å². The maximum Gasteiger partial charge on any atom is 0.243 e. The monoisotopic (exact) mass is 254 g/mol. The van der Waals surface area contributed by atoms with Crippen LogP contribution >= 0.6 is 0 Å². The van der Waals surface area contributed by atoms with Crippen molar-refractivity contribution in [2.45, 2.75) is 33.1 Å². The summed E-state index contributed by atoms with van der Waals surface area (Å²) in [5.41, 5.74) is 3.30. The van der Waals surface area contributed by atoms with Gasteiger partial charge in [0.15, 0.2) is 0 Å². The van der Waals surface area contributed by atoms with Crippen LogP contribution in [0.25, 0.3) is 0 Å². The molecule has 0 aliphatic carbocycles. The number of carbonyl (C=O) groups is 1. The molecule has 3 heteroatoms. The first-order valence-electron chi connectivity index (χ1n) is 6.62. The number of carbonyl (C=O) groups excluding carboxylic acids is 1. The molecule has 1 aromatic carbocycles. The van der Waals surface area contributed by atoms with Crippen molar-refractivity contribution < 1.29 is 4.79 Å². The topological polar surface area (TPSA) is 32.7 Å². The van der Waals surface area contributed by atoms with Crippen LogP contribution in [0.5, 0.6) is 0 Å². The normalized spacial score (nSPS) is 14.7. The summed E-state index contributed by atoms with van der Waals surface area (Å²) in [5.74, 6) is 6.00. The van der Waals surface area contributed by atoms with Crippen molar-refractivity contribution in [3.05, 3.63) is 35.4 Å². The minimum absolute atomic E-state index is 0.0581. The Morgan fingerprint density at radius 2 is 2.05 bits per heavy atom. The fraction of sp³-hybridized carbons (Fsp3) is 0.375. The Morgan fingerprint density at radius 3 is 2.79 bits per heavy atom. The molecule has 1 heterocycles. The third-order valence-corrected chi connectivity index (χ3v) is 3.09. The van der Waals surface area contributed by atoms with Gasteiger partial charge in [-0.3, -0.25) is 4.79 Å². The van der Waals surface area contributed by atoms with E-state index in [-0.39, 0.29) is 5.91 Å². The molecule has 0 aromatic heterocycles. The third-order valence-electron chi connectivity index (χ3n) is 3.09. The van der Waals surface area contributed by atoms with Crippen molar-refractivity contribution in [3.63, 3.8) is 0 Å². The van der Waals surface area contributed by atoms with E-state index < -0.39 is 0 Å². The molecule has 0 unspecified atom stereocenters. The second-order valence-corrected chi connectivity index (χ2v) is 4.52. The van der Waals surface area contributed by atoms with Gasteiger partial charge >= 0.3 is 0 Å². The second kappa shape index (κ2) is 6.19. The third kappa shape index (κ3) is 3.23. The molecule has 1 aliphatic heterocycles. The van der Waals surface area contributed by atoms with Crippen molar-refractivity contribution >= 4 is 11.6 Å². The lowest BCUT2D eigenvalue weighted by Crippen LogP contribution is -2.32. The smallest absolute Gasteiger partial charge is 0.243 e. The second-order valence-electron chi connectivity index (χ2n) is 4.52. The van der Waals surface area contributed by atoms with E-state index in [1.807, 2.05) is 19.1 Å². The van der Waals surface area contributed by atoms with Gasteiger partial charge in [-0.15, -0.1) is 5.92 Å². The van der Waals surface area contributed by atoms with Gasteiger partial charge in [-0.2, -0.15) is 5.10 Å². The van der Waals surface area contributed by atoms with Crippen molar-refractivity contribution in [2.75, 3.05) is 6.54 Å². The molecule has 0 atom stereocenters. The largest absolute Gasteiger partial charge is 0.273 e. The number of hydrazone groups is 1. The fourth-order valence-corrected chi connectivity index (χ4v) is 2.07. The first kappa shape index (κ1) is 13.4. The quantitative estimate of drug-likeness (QED) is 0.747. The van der Waals surface area contributed by atoms with Crippen LogP contribution in [0.2, 0.25) is 0 Å². The summed E-state index contributed by atoms with van der Waals surface area (Å²) in [6.07, 6.45) is 2.03. The number of hydrogen-bond acceptors (Lipinski definition) is 2. The van der Waals surface area contributed by atoms with Gasteiger partial charge in [-0.1, -0.05) is 37.1 Å². The molecule has 1 aliphatic rings. The molecule has 0 saturated carbocycles. The number of nitrogens with zero attached hydrogens (tertiary/aromatic N) is 2. The summed E-state index contributed by atoms with van der Waals surface area (Å²) in [6, 6.07) is 8.13. The molecule has 0 fully saturated rings. The Kier molecular flexibility index (Phi) is 4.35. The molecule has 3 nitrogen and oxygen atoms in total. The molecule has 0 spiro atoms. The Bertz CT molecular complexity index is 564. The van der Waals surface area contributed by atoms with Gasteiger partial charge < -0.3 is 0 Å².